The van der Waals surface area contributed by atoms with Gasteiger partial charge in [-0.3, -0.25) is 0 Å². The van der Waals surface area contributed by atoms with Crippen LogP contribution in [0.3, 0.4) is 0 Å². The first kappa shape index (κ1) is 33.2. The maximum atomic E-state index is 6.96. The molecule has 5 aliphatic rings. The van der Waals surface area contributed by atoms with Gasteiger partial charge in [-0.05, 0) is 101 Å². The highest BCUT2D eigenvalue weighted by Gasteiger charge is 2.52. The van der Waals surface area contributed by atoms with Gasteiger partial charge in [0.1, 0.15) is 11.5 Å². The van der Waals surface area contributed by atoms with E-state index in [1.54, 1.807) is 0 Å². The van der Waals surface area contributed by atoms with E-state index in [1.165, 1.54) is 25.7 Å². The van der Waals surface area contributed by atoms with Crippen LogP contribution in [0.4, 0.5) is 0 Å². The van der Waals surface area contributed by atoms with Crippen molar-refractivity contribution in [3.05, 3.63) is 99.4 Å². The van der Waals surface area contributed by atoms with Crippen LogP contribution in [0.2, 0.25) is 10.0 Å². The van der Waals surface area contributed by atoms with Crippen molar-refractivity contribution in [2.24, 2.45) is 11.8 Å². The van der Waals surface area contributed by atoms with Gasteiger partial charge in [0.2, 0.25) is 0 Å². The van der Waals surface area contributed by atoms with Gasteiger partial charge in [-0.25, -0.2) is 0 Å². The number of hydrogen-bond acceptors (Lipinski definition) is 4. The highest BCUT2D eigenvalue weighted by Crippen LogP contribution is 2.54. The van der Waals surface area contributed by atoms with E-state index >= 15 is 0 Å². The fraction of sp³-hybridized carbons (Fsp3) is 0.333. The van der Waals surface area contributed by atoms with E-state index in [4.69, 9.17) is 42.0 Å². The summed E-state index contributed by atoms with van der Waals surface area (Å²) in [6, 6.07) is 29.0. The van der Waals surface area contributed by atoms with Crippen LogP contribution in [0.5, 0.6) is 11.5 Å². The topological polar surface area (TPSA) is 46.8 Å². The Balaban J connectivity index is 0.000000136. The standard InChI is InChI=1S/C24H25BClNO3.C18H13BrClNO/c1-23(2)24(3,4)30-25(29-23)15-11-12-19-17(13-15)21-20(26)16-7-5-6-8-18(16)27(21)22(28-19)14-9-10-14;19-11-7-8-15-13(9-11)17-16(20)12-3-1-2-4-14(12)21(17)18(22-15)10-5-6-10/h5-8,11-14,22H,9-10H2,1-4H3;1-4,7-10,18H,5-6H2. The van der Waals surface area contributed by atoms with E-state index in [0.29, 0.717) is 11.8 Å². The van der Waals surface area contributed by atoms with Gasteiger partial charge in [-0.15, -0.1) is 0 Å². The van der Waals surface area contributed by atoms with Crippen LogP contribution in [-0.4, -0.2) is 27.5 Å². The molecule has 2 atom stereocenters. The molecule has 6 aromatic rings. The van der Waals surface area contributed by atoms with Crippen LogP contribution in [0.1, 0.15) is 65.8 Å². The Morgan fingerprint density at radius 2 is 1.10 bits per heavy atom. The van der Waals surface area contributed by atoms with Crippen molar-refractivity contribution in [1.82, 2.24) is 9.13 Å². The van der Waals surface area contributed by atoms with Crippen molar-refractivity contribution >= 4 is 73.5 Å². The third-order valence-corrected chi connectivity index (χ3v) is 13.0. The minimum Gasteiger partial charge on any atom is -0.469 e. The van der Waals surface area contributed by atoms with Crippen LogP contribution in [0, 0.1) is 11.8 Å². The van der Waals surface area contributed by atoms with E-state index in [1.807, 2.05) is 30.3 Å². The van der Waals surface area contributed by atoms with Gasteiger partial charge in [0, 0.05) is 38.2 Å². The molecule has 10 heteroatoms. The molecule has 2 unspecified atom stereocenters. The Kier molecular flexibility index (Phi) is 7.53. The van der Waals surface area contributed by atoms with E-state index < -0.39 is 7.12 Å². The van der Waals surface area contributed by atoms with E-state index in [9.17, 15) is 0 Å². The molecule has 3 aliphatic heterocycles. The molecule has 3 fully saturated rings. The fourth-order valence-electron chi connectivity index (χ4n) is 7.96. The molecule has 2 aromatic heterocycles. The first-order valence-electron chi connectivity index (χ1n) is 18.2. The summed E-state index contributed by atoms with van der Waals surface area (Å²) in [6.07, 6.45) is 4.87. The number of ether oxygens (including phenoxy) is 2. The number of nitrogens with zero attached hydrogens (tertiary/aromatic N) is 2. The minimum atomic E-state index is -0.418. The van der Waals surface area contributed by atoms with Gasteiger partial charge in [0.05, 0.1) is 43.7 Å². The summed E-state index contributed by atoms with van der Waals surface area (Å²) < 4.78 is 31.1. The van der Waals surface area contributed by atoms with Gasteiger partial charge in [0.25, 0.3) is 0 Å². The zero-order chi connectivity index (χ0) is 35.7. The quantitative estimate of drug-likeness (QED) is 0.167. The maximum Gasteiger partial charge on any atom is 0.494 e. The molecule has 6 nitrogen and oxygen atoms in total. The highest BCUT2D eigenvalue weighted by atomic mass is 79.9. The Morgan fingerprint density at radius 1 is 0.635 bits per heavy atom. The number of para-hydroxylation sites is 2. The Hall–Kier alpha value is -3.40. The molecule has 0 radical (unpaired) electrons. The van der Waals surface area contributed by atoms with Gasteiger partial charge in [0.15, 0.2) is 12.5 Å². The molecule has 0 N–H and O–H groups in total. The van der Waals surface area contributed by atoms with Crippen molar-refractivity contribution < 1.29 is 18.8 Å². The number of fused-ring (bicyclic) bond motifs is 10. The number of hydrogen-bond donors (Lipinski definition) is 0. The third-order valence-electron chi connectivity index (χ3n) is 11.7. The molecular weight excluding hydrogens is 758 g/mol. The molecular formula is C42H38BBrCl2N2O4. The van der Waals surface area contributed by atoms with E-state index in [-0.39, 0.29) is 23.7 Å². The predicted molar refractivity (Wildman–Crippen MR) is 213 cm³/mol. The average molecular weight is 796 g/mol. The molecule has 5 heterocycles. The van der Waals surface area contributed by atoms with Gasteiger partial charge < -0.3 is 27.9 Å². The molecule has 264 valence electrons. The molecule has 2 saturated carbocycles. The van der Waals surface area contributed by atoms with Crippen LogP contribution >= 0.6 is 39.1 Å². The lowest BCUT2D eigenvalue weighted by Crippen LogP contribution is -2.41. The smallest absolute Gasteiger partial charge is 0.469 e. The number of halogens is 3. The average Bonchev–Trinajstić information content (AvgIpc) is 4.07. The van der Waals surface area contributed by atoms with Crippen molar-refractivity contribution in [2.75, 3.05) is 0 Å². The summed E-state index contributed by atoms with van der Waals surface area (Å²) in [6.45, 7) is 8.29. The summed E-state index contributed by atoms with van der Waals surface area (Å²) in [5, 5.41) is 3.77. The molecule has 2 aliphatic carbocycles. The molecule has 52 heavy (non-hydrogen) atoms. The largest absolute Gasteiger partial charge is 0.494 e. The number of benzene rings is 4. The minimum absolute atomic E-state index is 0.00685. The van der Waals surface area contributed by atoms with E-state index in [0.717, 1.165) is 75.8 Å². The van der Waals surface area contributed by atoms with Crippen molar-refractivity contribution in [1.29, 1.82) is 0 Å². The summed E-state index contributed by atoms with van der Waals surface area (Å²) in [7, 11) is -0.418. The molecule has 11 rings (SSSR count). The van der Waals surface area contributed by atoms with Crippen LogP contribution in [0.25, 0.3) is 44.3 Å². The molecule has 1 saturated heterocycles. The van der Waals surface area contributed by atoms with Gasteiger partial charge in [-0.2, -0.15) is 0 Å². The monoisotopic (exact) mass is 794 g/mol. The second-order valence-corrected chi connectivity index (χ2v) is 17.4. The molecule has 0 spiro atoms. The second-order valence-electron chi connectivity index (χ2n) is 15.8. The Bertz CT molecular complexity index is 2410. The van der Waals surface area contributed by atoms with E-state index in [2.05, 4.69) is 107 Å². The predicted octanol–water partition coefficient (Wildman–Crippen LogP) is 11.6. The van der Waals surface area contributed by atoms with Crippen molar-refractivity contribution in [2.45, 2.75) is 77.0 Å². The van der Waals surface area contributed by atoms with Crippen LogP contribution in [0.15, 0.2) is 89.4 Å². The van der Waals surface area contributed by atoms with Gasteiger partial charge in [-0.1, -0.05) is 81.6 Å². The second kappa shape index (κ2) is 11.8. The fourth-order valence-corrected chi connectivity index (χ4v) is 9.03. The summed E-state index contributed by atoms with van der Waals surface area (Å²) >= 11 is 17.3. The molecule has 0 bridgehead atoms. The van der Waals surface area contributed by atoms with Crippen LogP contribution in [-0.2, 0) is 9.31 Å². The zero-order valence-electron chi connectivity index (χ0n) is 29.5. The lowest BCUT2D eigenvalue weighted by molar-refractivity contribution is 0.00578. The van der Waals surface area contributed by atoms with Crippen molar-refractivity contribution in [3.8, 4) is 34.0 Å². The third kappa shape index (κ3) is 5.12. The summed E-state index contributed by atoms with van der Waals surface area (Å²) in [5.74, 6) is 2.93. The van der Waals surface area contributed by atoms with Crippen molar-refractivity contribution in [3.63, 3.8) is 0 Å². The molecule has 4 aromatic carbocycles. The number of aromatic nitrogens is 2. The maximum absolute atomic E-state index is 6.96. The number of rotatable bonds is 3. The van der Waals surface area contributed by atoms with Crippen LogP contribution < -0.4 is 14.9 Å². The first-order valence-corrected chi connectivity index (χ1v) is 19.8. The summed E-state index contributed by atoms with van der Waals surface area (Å²) in [5.41, 5.74) is 6.69. The Labute approximate surface area is 322 Å². The zero-order valence-corrected chi connectivity index (χ0v) is 32.6. The Morgan fingerprint density at radius 3 is 1.60 bits per heavy atom. The SMILES string of the molecule is CC1(C)OB(c2ccc3c(c2)-c2c(Cl)c4ccccc4n2C(C2CC2)O3)OC1(C)C.Clc1c2n(c3ccccc13)C(C1CC1)Oc1ccc(Br)cc1-2. The summed E-state index contributed by atoms with van der Waals surface area (Å²) in [4.78, 5) is 0. The molecule has 0 amide bonds. The highest BCUT2D eigenvalue weighted by molar-refractivity contribution is 9.10. The lowest BCUT2D eigenvalue weighted by atomic mass is 9.78. The first-order chi connectivity index (χ1) is 25.0. The normalized spacial score (nSPS) is 22.1. The lowest BCUT2D eigenvalue weighted by Gasteiger charge is -2.32. The van der Waals surface area contributed by atoms with Gasteiger partial charge >= 0.3 is 7.12 Å².